The summed E-state index contributed by atoms with van der Waals surface area (Å²) in [6.07, 6.45) is -0.384. The first-order valence-electron chi connectivity index (χ1n) is 7.03. The van der Waals surface area contributed by atoms with Gasteiger partial charge in [0, 0.05) is 18.7 Å². The van der Waals surface area contributed by atoms with Gasteiger partial charge >= 0.3 is 5.97 Å². The van der Waals surface area contributed by atoms with E-state index in [-0.39, 0.29) is 0 Å². The molecule has 6 heteroatoms. The van der Waals surface area contributed by atoms with Crippen molar-refractivity contribution in [1.29, 1.82) is 0 Å². The number of carboxylic acids is 1. The van der Waals surface area contributed by atoms with Gasteiger partial charge in [-0.05, 0) is 55.3 Å². The van der Waals surface area contributed by atoms with Crippen molar-refractivity contribution >= 4 is 49.6 Å². The summed E-state index contributed by atoms with van der Waals surface area (Å²) in [5.74, 6) is -0.330. The number of carbonyl (C=O) groups is 1. The molecule has 0 amide bonds. The Morgan fingerprint density at radius 2 is 1.83 bits per heavy atom. The predicted octanol–water partition coefficient (Wildman–Crippen LogP) is 5.91. The Hall–Kier alpha value is -0.980. The van der Waals surface area contributed by atoms with Crippen LogP contribution in [0.25, 0.3) is 0 Å². The zero-order chi connectivity index (χ0) is 17.0. The molecule has 23 heavy (non-hydrogen) atoms. The fourth-order valence-corrected chi connectivity index (χ4v) is 4.62. The van der Waals surface area contributed by atoms with E-state index in [9.17, 15) is 4.79 Å². The second kappa shape index (κ2) is 8.22. The molecule has 1 atom stereocenters. The molecule has 0 heterocycles. The highest BCUT2D eigenvalue weighted by molar-refractivity contribution is 9.11. The Morgan fingerprint density at radius 1 is 1.17 bits per heavy atom. The van der Waals surface area contributed by atoms with E-state index in [2.05, 4.69) is 31.9 Å². The van der Waals surface area contributed by atoms with Crippen LogP contribution in [0.2, 0.25) is 0 Å². The second-order valence-corrected chi connectivity index (χ2v) is 7.97. The molecule has 122 valence electrons. The lowest BCUT2D eigenvalue weighted by Gasteiger charge is -2.15. The van der Waals surface area contributed by atoms with Crippen LogP contribution in [0.5, 0.6) is 5.75 Å². The van der Waals surface area contributed by atoms with E-state index < -0.39 is 12.1 Å². The quantitative estimate of drug-likeness (QED) is 0.582. The largest absolute Gasteiger partial charge is 0.479 e. The number of hydrogen-bond acceptors (Lipinski definition) is 3. The fourth-order valence-electron chi connectivity index (χ4n) is 2.00. The summed E-state index contributed by atoms with van der Waals surface area (Å²) in [5.41, 5.74) is 0.920. The van der Waals surface area contributed by atoms with Crippen LogP contribution >= 0.6 is 43.6 Å². The van der Waals surface area contributed by atoms with E-state index in [0.717, 1.165) is 24.3 Å². The Bertz CT molecular complexity index is 699. The van der Waals surface area contributed by atoms with Gasteiger partial charge in [0.15, 0.2) is 6.10 Å². The van der Waals surface area contributed by atoms with Crippen molar-refractivity contribution < 1.29 is 14.6 Å². The van der Waals surface area contributed by atoms with Crippen molar-refractivity contribution in [2.24, 2.45) is 0 Å². The number of benzene rings is 2. The molecule has 0 saturated heterocycles. The van der Waals surface area contributed by atoms with E-state index in [1.54, 1.807) is 18.7 Å². The van der Waals surface area contributed by atoms with Gasteiger partial charge in [-0.25, -0.2) is 4.79 Å². The van der Waals surface area contributed by atoms with E-state index in [4.69, 9.17) is 9.84 Å². The van der Waals surface area contributed by atoms with Crippen molar-refractivity contribution in [3.63, 3.8) is 0 Å². The predicted molar refractivity (Wildman–Crippen MR) is 99.5 cm³/mol. The number of carboxylic acid groups (broad SMARTS) is 1. The lowest BCUT2D eigenvalue weighted by atomic mass is 10.2. The number of rotatable bonds is 6. The average Bonchev–Trinajstić information content (AvgIpc) is 2.45. The first kappa shape index (κ1) is 18.4. The second-order valence-electron chi connectivity index (χ2n) is 4.99. The van der Waals surface area contributed by atoms with Gasteiger partial charge in [0.25, 0.3) is 0 Å². The highest BCUT2D eigenvalue weighted by Crippen LogP contribution is 2.34. The van der Waals surface area contributed by atoms with E-state index in [1.807, 2.05) is 43.3 Å². The SMILES string of the molecule is CCC(Oc1ccc(Sc2cc(Br)cc(Br)c2)cc1C)C(=O)O. The molecule has 0 fully saturated rings. The lowest BCUT2D eigenvalue weighted by Crippen LogP contribution is -2.26. The minimum absolute atomic E-state index is 0.428. The van der Waals surface area contributed by atoms with Gasteiger partial charge in [-0.15, -0.1) is 0 Å². The lowest BCUT2D eigenvalue weighted by molar-refractivity contribution is -0.145. The normalized spacial score (nSPS) is 12.0. The smallest absolute Gasteiger partial charge is 0.344 e. The third kappa shape index (κ3) is 5.26. The maximum absolute atomic E-state index is 11.1. The molecule has 0 saturated carbocycles. The first-order valence-corrected chi connectivity index (χ1v) is 9.43. The maximum Gasteiger partial charge on any atom is 0.344 e. The van der Waals surface area contributed by atoms with Gasteiger partial charge in [-0.1, -0.05) is 50.5 Å². The molecule has 3 nitrogen and oxygen atoms in total. The van der Waals surface area contributed by atoms with Crippen molar-refractivity contribution in [3.8, 4) is 5.75 Å². The number of hydrogen-bond donors (Lipinski definition) is 1. The molecule has 1 N–H and O–H groups in total. The molecule has 1 unspecified atom stereocenters. The maximum atomic E-state index is 11.1. The zero-order valence-corrected chi connectivity index (χ0v) is 16.7. The molecular formula is C17H16Br2O3S. The molecule has 0 aromatic heterocycles. The molecule has 2 rings (SSSR count). The van der Waals surface area contributed by atoms with Crippen molar-refractivity contribution in [3.05, 3.63) is 50.9 Å². The van der Waals surface area contributed by atoms with Gasteiger partial charge in [-0.3, -0.25) is 0 Å². The molecule has 0 radical (unpaired) electrons. The first-order chi connectivity index (χ1) is 10.9. The summed E-state index contributed by atoms with van der Waals surface area (Å²) in [4.78, 5) is 13.3. The number of aliphatic carboxylic acids is 1. The number of ether oxygens (including phenoxy) is 1. The number of aryl methyl sites for hydroxylation is 1. The topological polar surface area (TPSA) is 46.5 Å². The van der Waals surface area contributed by atoms with Crippen LogP contribution < -0.4 is 4.74 Å². The van der Waals surface area contributed by atoms with Crippen molar-refractivity contribution in [1.82, 2.24) is 0 Å². The molecule has 0 bridgehead atoms. The Morgan fingerprint density at radius 3 is 2.35 bits per heavy atom. The van der Waals surface area contributed by atoms with Crippen LogP contribution in [0.1, 0.15) is 18.9 Å². The standard InChI is InChI=1S/C17H16Br2O3S/c1-3-15(17(20)21)22-16-5-4-13(6-10(16)2)23-14-8-11(18)7-12(19)9-14/h4-9,15H,3H2,1-2H3,(H,20,21). The summed E-state index contributed by atoms with van der Waals surface area (Å²) in [6.45, 7) is 3.72. The third-order valence-electron chi connectivity index (χ3n) is 3.13. The van der Waals surface area contributed by atoms with Gasteiger partial charge in [0.2, 0.25) is 0 Å². The molecule has 2 aromatic carbocycles. The van der Waals surface area contributed by atoms with Crippen LogP contribution in [-0.2, 0) is 4.79 Å². The Kier molecular flexibility index (Phi) is 6.56. The van der Waals surface area contributed by atoms with Gasteiger partial charge in [-0.2, -0.15) is 0 Å². The fraction of sp³-hybridized carbons (Fsp3) is 0.235. The van der Waals surface area contributed by atoms with Gasteiger partial charge in [0.1, 0.15) is 5.75 Å². The minimum atomic E-state index is -0.940. The highest BCUT2D eigenvalue weighted by atomic mass is 79.9. The minimum Gasteiger partial charge on any atom is -0.479 e. The molecule has 2 aromatic rings. The third-order valence-corrected chi connectivity index (χ3v) is 5.01. The van der Waals surface area contributed by atoms with Crippen LogP contribution in [0, 0.1) is 6.92 Å². The summed E-state index contributed by atoms with van der Waals surface area (Å²) in [6, 6.07) is 11.9. The molecule has 0 aliphatic heterocycles. The summed E-state index contributed by atoms with van der Waals surface area (Å²) in [5, 5.41) is 9.09. The van der Waals surface area contributed by atoms with Crippen LogP contribution in [0.3, 0.4) is 0 Å². The van der Waals surface area contributed by atoms with Crippen LogP contribution in [0.4, 0.5) is 0 Å². The summed E-state index contributed by atoms with van der Waals surface area (Å²) in [7, 11) is 0. The summed E-state index contributed by atoms with van der Waals surface area (Å²) < 4.78 is 7.60. The molecule has 0 aliphatic carbocycles. The monoisotopic (exact) mass is 458 g/mol. The highest BCUT2D eigenvalue weighted by Gasteiger charge is 2.17. The van der Waals surface area contributed by atoms with Crippen LogP contribution in [-0.4, -0.2) is 17.2 Å². The summed E-state index contributed by atoms with van der Waals surface area (Å²) >= 11 is 8.60. The van der Waals surface area contributed by atoms with Crippen molar-refractivity contribution in [2.45, 2.75) is 36.2 Å². The average molecular weight is 460 g/mol. The Labute approximate surface area is 156 Å². The molecule has 0 spiro atoms. The molecule has 0 aliphatic rings. The van der Waals surface area contributed by atoms with Crippen molar-refractivity contribution in [2.75, 3.05) is 0 Å². The molecular weight excluding hydrogens is 444 g/mol. The van der Waals surface area contributed by atoms with E-state index in [1.165, 1.54) is 0 Å². The Balaban J connectivity index is 2.17. The number of halogens is 2. The van der Waals surface area contributed by atoms with E-state index >= 15 is 0 Å². The van der Waals surface area contributed by atoms with Gasteiger partial charge < -0.3 is 9.84 Å². The van der Waals surface area contributed by atoms with E-state index in [0.29, 0.717) is 12.2 Å². The van der Waals surface area contributed by atoms with Gasteiger partial charge in [0.05, 0.1) is 0 Å². The zero-order valence-electron chi connectivity index (χ0n) is 12.7. The van der Waals surface area contributed by atoms with Crippen LogP contribution in [0.15, 0.2) is 55.1 Å².